The molecule has 0 bridgehead atoms. The van der Waals surface area contributed by atoms with Crippen LogP contribution >= 0.6 is 11.6 Å². The van der Waals surface area contributed by atoms with Gasteiger partial charge in [0.05, 0.1) is 10.7 Å². The summed E-state index contributed by atoms with van der Waals surface area (Å²) in [5, 5.41) is 2.96. The number of aryl methyl sites for hydroxylation is 1. The molecule has 2 aromatic rings. The Bertz CT molecular complexity index is 865. The number of carbonyl (C=O) groups excluding carboxylic acids is 3. The van der Waals surface area contributed by atoms with Crippen molar-refractivity contribution in [2.75, 3.05) is 11.9 Å². The van der Waals surface area contributed by atoms with Crippen molar-refractivity contribution in [3.05, 3.63) is 58.6 Å². The van der Waals surface area contributed by atoms with Crippen molar-refractivity contribution in [1.82, 2.24) is 0 Å². The summed E-state index contributed by atoms with van der Waals surface area (Å²) in [7, 11) is 0. The van der Waals surface area contributed by atoms with Gasteiger partial charge in [-0.15, -0.1) is 0 Å². The van der Waals surface area contributed by atoms with Crippen molar-refractivity contribution >= 4 is 34.9 Å². The number of ether oxygens (including phenoxy) is 2. The lowest BCUT2D eigenvalue weighted by molar-refractivity contribution is -0.155. The maximum absolute atomic E-state index is 12.2. The molecule has 2 rings (SSSR count). The summed E-state index contributed by atoms with van der Waals surface area (Å²) in [5.74, 6) is -1.08. The zero-order valence-corrected chi connectivity index (χ0v) is 16.0. The van der Waals surface area contributed by atoms with Crippen LogP contribution in [0, 0.1) is 6.92 Å². The number of benzene rings is 2. The van der Waals surface area contributed by atoms with E-state index in [0.717, 1.165) is 5.56 Å². The van der Waals surface area contributed by atoms with Crippen molar-refractivity contribution in [2.24, 2.45) is 0 Å². The fourth-order valence-electron chi connectivity index (χ4n) is 2.28. The third kappa shape index (κ3) is 5.82. The van der Waals surface area contributed by atoms with E-state index in [-0.39, 0.29) is 12.4 Å². The number of nitrogens with one attached hydrogen (secondary N) is 1. The Labute approximate surface area is 162 Å². The van der Waals surface area contributed by atoms with Gasteiger partial charge in [-0.2, -0.15) is 0 Å². The number of hydrogen-bond donors (Lipinski definition) is 1. The van der Waals surface area contributed by atoms with Crippen LogP contribution in [-0.2, 0) is 14.3 Å². The monoisotopic (exact) mass is 389 g/mol. The Morgan fingerprint density at radius 3 is 2.56 bits per heavy atom. The average molecular weight is 390 g/mol. The predicted molar refractivity (Wildman–Crippen MR) is 102 cm³/mol. The van der Waals surface area contributed by atoms with Crippen LogP contribution < -0.4 is 10.1 Å². The zero-order chi connectivity index (χ0) is 20.0. The smallest absolute Gasteiger partial charge is 0.344 e. The van der Waals surface area contributed by atoms with E-state index in [1.807, 2.05) is 13.0 Å². The number of anilines is 1. The SMILES string of the molecule is CC(=O)c1ccccc1NC(=O)[C@@H](C)OC(=O)COc1cc(C)ccc1Cl. The molecule has 0 aliphatic carbocycles. The minimum absolute atomic E-state index is 0.181. The molecule has 0 fully saturated rings. The Kier molecular flexibility index (Phi) is 6.96. The Morgan fingerprint density at radius 1 is 1.15 bits per heavy atom. The van der Waals surface area contributed by atoms with Gasteiger partial charge >= 0.3 is 5.97 Å². The fourth-order valence-corrected chi connectivity index (χ4v) is 2.45. The first kappa shape index (κ1) is 20.5. The second-order valence-corrected chi connectivity index (χ2v) is 6.35. The second-order valence-electron chi connectivity index (χ2n) is 5.95. The van der Waals surface area contributed by atoms with Gasteiger partial charge in [0.15, 0.2) is 18.5 Å². The average Bonchev–Trinajstić information content (AvgIpc) is 2.62. The molecule has 0 radical (unpaired) electrons. The van der Waals surface area contributed by atoms with Gasteiger partial charge in [-0.05, 0) is 50.6 Å². The minimum Gasteiger partial charge on any atom is -0.480 e. The summed E-state index contributed by atoms with van der Waals surface area (Å²) in [6, 6.07) is 11.8. The lowest BCUT2D eigenvalue weighted by Crippen LogP contribution is -2.32. The molecule has 0 heterocycles. The number of ketones is 1. The van der Waals surface area contributed by atoms with E-state index >= 15 is 0 Å². The molecule has 0 aliphatic rings. The summed E-state index contributed by atoms with van der Waals surface area (Å²) in [4.78, 5) is 35.8. The lowest BCUT2D eigenvalue weighted by Gasteiger charge is -2.15. The minimum atomic E-state index is -1.06. The topological polar surface area (TPSA) is 81.7 Å². The van der Waals surface area contributed by atoms with Gasteiger partial charge in [-0.3, -0.25) is 9.59 Å². The van der Waals surface area contributed by atoms with E-state index < -0.39 is 18.0 Å². The van der Waals surface area contributed by atoms with Gasteiger partial charge in [-0.25, -0.2) is 4.79 Å². The Hall–Kier alpha value is -2.86. The number of amides is 1. The van der Waals surface area contributed by atoms with Crippen LogP contribution in [0.25, 0.3) is 0 Å². The molecule has 142 valence electrons. The normalized spacial score (nSPS) is 11.4. The standard InChI is InChI=1S/C20H20ClNO5/c1-12-8-9-16(21)18(10-12)26-11-19(24)27-14(3)20(25)22-17-7-5-4-6-15(17)13(2)23/h4-10,14H,11H2,1-3H3,(H,22,25)/t14-/m1/s1. The van der Waals surface area contributed by atoms with E-state index in [2.05, 4.69) is 5.32 Å². The van der Waals surface area contributed by atoms with Crippen LogP contribution in [0.3, 0.4) is 0 Å². The van der Waals surface area contributed by atoms with Gasteiger partial charge in [0.2, 0.25) is 0 Å². The van der Waals surface area contributed by atoms with E-state index in [1.165, 1.54) is 13.8 Å². The molecule has 6 nitrogen and oxygen atoms in total. The van der Waals surface area contributed by atoms with Crippen molar-refractivity contribution in [1.29, 1.82) is 0 Å². The predicted octanol–water partition coefficient (Wildman–Crippen LogP) is 3.80. The maximum atomic E-state index is 12.2. The van der Waals surface area contributed by atoms with Crippen LogP contribution in [0.4, 0.5) is 5.69 Å². The first-order valence-corrected chi connectivity index (χ1v) is 8.65. The molecule has 0 saturated carbocycles. The molecule has 1 N–H and O–H groups in total. The van der Waals surface area contributed by atoms with Crippen LogP contribution in [0.15, 0.2) is 42.5 Å². The van der Waals surface area contributed by atoms with Crippen molar-refractivity contribution in [3.8, 4) is 5.75 Å². The third-order valence-electron chi connectivity index (χ3n) is 3.67. The molecule has 0 spiro atoms. The van der Waals surface area contributed by atoms with Crippen LogP contribution in [0.2, 0.25) is 5.02 Å². The van der Waals surface area contributed by atoms with Gasteiger partial charge in [0.1, 0.15) is 5.75 Å². The molecule has 0 aliphatic heterocycles. The molecule has 27 heavy (non-hydrogen) atoms. The highest BCUT2D eigenvalue weighted by Crippen LogP contribution is 2.25. The molecule has 0 unspecified atom stereocenters. The second kappa shape index (κ2) is 9.19. The number of carbonyl (C=O) groups is 3. The third-order valence-corrected chi connectivity index (χ3v) is 3.99. The van der Waals surface area contributed by atoms with Crippen LogP contribution in [-0.4, -0.2) is 30.4 Å². The number of rotatable bonds is 7. The van der Waals surface area contributed by atoms with Crippen LogP contribution in [0.1, 0.15) is 29.8 Å². The summed E-state index contributed by atoms with van der Waals surface area (Å²) in [5.41, 5.74) is 1.67. The molecule has 0 aromatic heterocycles. The quantitative estimate of drug-likeness (QED) is 0.575. The summed E-state index contributed by atoms with van der Waals surface area (Å²) in [6.07, 6.45) is -1.06. The molecular weight excluding hydrogens is 370 g/mol. The van der Waals surface area contributed by atoms with Crippen molar-refractivity contribution in [2.45, 2.75) is 26.9 Å². The van der Waals surface area contributed by atoms with Gasteiger partial charge in [-0.1, -0.05) is 29.8 Å². The Balaban J connectivity index is 1.91. The van der Waals surface area contributed by atoms with Gasteiger partial charge in [0, 0.05) is 5.56 Å². The lowest BCUT2D eigenvalue weighted by atomic mass is 10.1. The molecule has 7 heteroatoms. The number of halogens is 1. The van der Waals surface area contributed by atoms with E-state index in [4.69, 9.17) is 21.1 Å². The number of hydrogen-bond acceptors (Lipinski definition) is 5. The highest BCUT2D eigenvalue weighted by molar-refractivity contribution is 6.32. The summed E-state index contributed by atoms with van der Waals surface area (Å²) >= 11 is 6.00. The molecule has 0 saturated heterocycles. The van der Waals surface area contributed by atoms with Gasteiger partial charge < -0.3 is 14.8 Å². The van der Waals surface area contributed by atoms with Gasteiger partial charge in [0.25, 0.3) is 5.91 Å². The maximum Gasteiger partial charge on any atom is 0.344 e. The van der Waals surface area contributed by atoms with E-state index in [0.29, 0.717) is 22.0 Å². The molecule has 2 aromatic carbocycles. The highest BCUT2D eigenvalue weighted by Gasteiger charge is 2.20. The first-order valence-electron chi connectivity index (χ1n) is 8.27. The number of esters is 1. The molecule has 1 amide bonds. The zero-order valence-electron chi connectivity index (χ0n) is 15.2. The van der Waals surface area contributed by atoms with Crippen molar-refractivity contribution < 1.29 is 23.9 Å². The largest absolute Gasteiger partial charge is 0.480 e. The van der Waals surface area contributed by atoms with Crippen LogP contribution in [0.5, 0.6) is 5.75 Å². The summed E-state index contributed by atoms with van der Waals surface area (Å²) in [6.45, 7) is 4.32. The number of Topliss-reactive ketones (excluding diaryl/α,β-unsaturated/α-hetero) is 1. The number of para-hydroxylation sites is 1. The first-order chi connectivity index (χ1) is 12.8. The summed E-state index contributed by atoms with van der Waals surface area (Å²) < 4.78 is 10.4. The fraction of sp³-hybridized carbons (Fsp3) is 0.250. The molecular formula is C20H20ClNO5. The van der Waals surface area contributed by atoms with E-state index in [1.54, 1.807) is 36.4 Å². The van der Waals surface area contributed by atoms with Crippen molar-refractivity contribution in [3.63, 3.8) is 0 Å². The Morgan fingerprint density at radius 2 is 1.85 bits per heavy atom. The van der Waals surface area contributed by atoms with E-state index in [9.17, 15) is 14.4 Å². The molecule has 1 atom stereocenters. The highest BCUT2D eigenvalue weighted by atomic mass is 35.5.